The van der Waals surface area contributed by atoms with Crippen LogP contribution in [0.3, 0.4) is 0 Å². The average Bonchev–Trinajstić information content (AvgIpc) is 2.53. The van der Waals surface area contributed by atoms with Crippen LogP contribution in [0.1, 0.15) is 51.9 Å². The van der Waals surface area contributed by atoms with Gasteiger partial charge in [-0.15, -0.1) is 0 Å². The van der Waals surface area contributed by atoms with Crippen molar-refractivity contribution < 1.29 is 19.4 Å². The van der Waals surface area contributed by atoms with Crippen molar-refractivity contribution >= 4 is 33.5 Å². The summed E-state index contributed by atoms with van der Waals surface area (Å²) in [5.41, 5.74) is 11.1. The summed E-state index contributed by atoms with van der Waals surface area (Å²) in [6, 6.07) is -1.58. The number of hydrogen-bond acceptors (Lipinski definition) is 7. The van der Waals surface area contributed by atoms with Gasteiger partial charge in [-0.25, -0.2) is 0 Å². The monoisotopic (exact) mass is 366 g/mol. The molecule has 0 rings (SSSR count). The second-order valence-corrected chi connectivity index (χ2v) is 7.96. The van der Waals surface area contributed by atoms with Crippen molar-refractivity contribution in [3.8, 4) is 0 Å². The number of ether oxygens (including phenoxy) is 1. The number of carbonyl (C=O) groups excluding carboxylic acids is 1. The molecule has 0 bridgehead atoms. The molecule has 0 aliphatic rings. The molecule has 0 unspecified atom stereocenters. The Balaban J connectivity index is 3.50. The minimum Gasteiger partial charge on any atom is -0.480 e. The molecule has 0 aromatic carbocycles. The number of nitrogens with two attached hydrogens (primary N) is 2. The fourth-order valence-electron chi connectivity index (χ4n) is 1.72. The van der Waals surface area contributed by atoms with Crippen molar-refractivity contribution in [3.05, 3.63) is 0 Å². The predicted octanol–water partition coefficient (Wildman–Crippen LogP) is 2.40. The molecule has 0 radical (unpaired) electrons. The minimum absolute atomic E-state index is 0.278. The highest BCUT2D eigenvalue weighted by atomic mass is 33.1. The molecule has 0 spiro atoms. The first-order chi connectivity index (χ1) is 11.0. The Hall–Kier alpha value is -0.440. The van der Waals surface area contributed by atoms with Crippen LogP contribution in [0, 0.1) is 0 Å². The van der Waals surface area contributed by atoms with Crippen molar-refractivity contribution in [2.75, 3.05) is 18.1 Å². The minimum atomic E-state index is -1.03. The highest BCUT2D eigenvalue weighted by molar-refractivity contribution is 8.76. The zero-order chi connectivity index (χ0) is 17.5. The third-order valence-corrected chi connectivity index (χ3v) is 5.66. The highest BCUT2D eigenvalue weighted by Crippen LogP contribution is 2.22. The summed E-state index contributed by atoms with van der Waals surface area (Å²) >= 11 is 0. The van der Waals surface area contributed by atoms with E-state index in [4.69, 9.17) is 21.3 Å². The molecule has 0 heterocycles. The van der Waals surface area contributed by atoms with Crippen LogP contribution in [0.4, 0.5) is 0 Å². The topological polar surface area (TPSA) is 116 Å². The zero-order valence-electron chi connectivity index (χ0n) is 13.9. The Morgan fingerprint density at radius 3 is 2.04 bits per heavy atom. The van der Waals surface area contributed by atoms with Crippen LogP contribution in [0.2, 0.25) is 0 Å². The van der Waals surface area contributed by atoms with Gasteiger partial charge in [0.05, 0.1) is 6.61 Å². The molecular formula is C15H30N2O4S2. The molecule has 8 heteroatoms. The highest BCUT2D eigenvalue weighted by Gasteiger charge is 2.16. The van der Waals surface area contributed by atoms with Gasteiger partial charge >= 0.3 is 11.9 Å². The van der Waals surface area contributed by atoms with Crippen LogP contribution < -0.4 is 11.5 Å². The molecule has 0 saturated heterocycles. The molecule has 0 fully saturated rings. The maximum atomic E-state index is 11.7. The molecule has 2 atom stereocenters. The van der Waals surface area contributed by atoms with Gasteiger partial charge in [-0.2, -0.15) is 0 Å². The van der Waals surface area contributed by atoms with Crippen molar-refractivity contribution in [2.45, 2.75) is 64.0 Å². The summed E-state index contributed by atoms with van der Waals surface area (Å²) in [4.78, 5) is 22.2. The van der Waals surface area contributed by atoms with E-state index in [9.17, 15) is 9.59 Å². The van der Waals surface area contributed by atoms with Crippen LogP contribution >= 0.6 is 21.6 Å². The summed E-state index contributed by atoms with van der Waals surface area (Å²) < 4.78 is 5.14. The Kier molecular flexibility index (Phi) is 14.8. The lowest BCUT2D eigenvalue weighted by Gasteiger charge is -2.11. The number of carbonyl (C=O) groups is 2. The summed E-state index contributed by atoms with van der Waals surface area (Å²) in [5.74, 6) is -0.768. The Morgan fingerprint density at radius 2 is 1.48 bits per heavy atom. The first-order valence-corrected chi connectivity index (χ1v) is 10.6. The molecular weight excluding hydrogens is 336 g/mol. The van der Waals surface area contributed by atoms with Gasteiger partial charge in [0.15, 0.2) is 0 Å². The molecule has 0 saturated carbocycles. The first kappa shape index (κ1) is 22.6. The molecule has 5 N–H and O–H groups in total. The number of unbranched alkanes of at least 4 members (excludes halogenated alkanes) is 6. The van der Waals surface area contributed by atoms with E-state index in [2.05, 4.69) is 6.92 Å². The van der Waals surface area contributed by atoms with Crippen LogP contribution in [-0.4, -0.2) is 47.2 Å². The lowest BCUT2D eigenvalue weighted by molar-refractivity contribution is -0.144. The van der Waals surface area contributed by atoms with Gasteiger partial charge in [-0.05, 0) is 6.42 Å². The lowest BCUT2D eigenvalue weighted by Crippen LogP contribution is -2.35. The average molecular weight is 367 g/mol. The summed E-state index contributed by atoms with van der Waals surface area (Å²) in [7, 11) is 2.64. The molecule has 0 aliphatic heterocycles. The van der Waals surface area contributed by atoms with E-state index < -0.39 is 24.0 Å². The Bertz CT molecular complexity index is 333. The zero-order valence-corrected chi connectivity index (χ0v) is 15.5. The molecule has 23 heavy (non-hydrogen) atoms. The van der Waals surface area contributed by atoms with E-state index in [0.29, 0.717) is 12.4 Å². The smallest absolute Gasteiger partial charge is 0.323 e. The first-order valence-electron chi connectivity index (χ1n) is 8.14. The second kappa shape index (κ2) is 15.1. The lowest BCUT2D eigenvalue weighted by atomic mass is 10.1. The van der Waals surface area contributed by atoms with Gasteiger partial charge in [0, 0.05) is 11.5 Å². The van der Waals surface area contributed by atoms with Crippen LogP contribution in [-0.2, 0) is 14.3 Å². The third kappa shape index (κ3) is 13.7. The van der Waals surface area contributed by atoms with Crippen molar-refractivity contribution in [3.63, 3.8) is 0 Å². The van der Waals surface area contributed by atoms with E-state index in [1.165, 1.54) is 53.7 Å². The van der Waals surface area contributed by atoms with Crippen LogP contribution in [0.25, 0.3) is 0 Å². The summed E-state index contributed by atoms with van der Waals surface area (Å²) in [6.45, 7) is 2.61. The predicted molar refractivity (Wildman–Crippen MR) is 97.5 cm³/mol. The summed E-state index contributed by atoms with van der Waals surface area (Å²) in [6.07, 6.45) is 8.18. The fourth-order valence-corrected chi connectivity index (χ4v) is 3.94. The maximum Gasteiger partial charge on any atom is 0.323 e. The number of hydrogen-bond donors (Lipinski definition) is 3. The standard InChI is InChI=1S/C15H30N2O4S2/c1-2-3-4-5-6-7-8-9-21-15(20)13(17)11-23-22-10-12(16)14(18)19/h12-13H,2-11,16-17H2,1H3,(H,18,19)/t12-,13-/m0/s1. The number of esters is 1. The number of rotatable bonds is 15. The van der Waals surface area contributed by atoms with E-state index in [-0.39, 0.29) is 5.75 Å². The Morgan fingerprint density at radius 1 is 0.957 bits per heavy atom. The van der Waals surface area contributed by atoms with Crippen LogP contribution in [0.5, 0.6) is 0 Å². The fraction of sp³-hybridized carbons (Fsp3) is 0.867. The van der Waals surface area contributed by atoms with E-state index >= 15 is 0 Å². The Labute approximate surface area is 146 Å². The number of aliphatic carboxylic acids is 1. The van der Waals surface area contributed by atoms with Gasteiger partial charge in [0.2, 0.25) is 0 Å². The van der Waals surface area contributed by atoms with Gasteiger partial charge in [-0.1, -0.05) is 67.0 Å². The second-order valence-electron chi connectivity index (χ2n) is 5.41. The number of carboxylic acid groups (broad SMARTS) is 1. The van der Waals surface area contributed by atoms with E-state index in [1.807, 2.05) is 0 Å². The summed E-state index contributed by atoms with van der Waals surface area (Å²) in [5, 5.41) is 8.63. The van der Waals surface area contributed by atoms with E-state index in [1.54, 1.807) is 0 Å². The van der Waals surface area contributed by atoms with Crippen molar-refractivity contribution in [2.24, 2.45) is 11.5 Å². The molecule has 0 aromatic rings. The van der Waals surface area contributed by atoms with Gasteiger partial charge in [0.25, 0.3) is 0 Å². The van der Waals surface area contributed by atoms with E-state index in [0.717, 1.165) is 12.8 Å². The quantitative estimate of drug-likeness (QED) is 0.230. The molecule has 0 aliphatic carbocycles. The molecule has 0 aromatic heterocycles. The molecule has 136 valence electrons. The van der Waals surface area contributed by atoms with Gasteiger partial charge in [-0.3, -0.25) is 9.59 Å². The molecule has 6 nitrogen and oxygen atoms in total. The molecule has 0 amide bonds. The maximum absolute atomic E-state index is 11.7. The van der Waals surface area contributed by atoms with Gasteiger partial charge < -0.3 is 21.3 Å². The number of carboxylic acids is 1. The SMILES string of the molecule is CCCCCCCCCOC(=O)[C@@H](N)CSSC[C@H](N)C(=O)O. The largest absolute Gasteiger partial charge is 0.480 e. The van der Waals surface area contributed by atoms with Gasteiger partial charge in [0.1, 0.15) is 12.1 Å². The third-order valence-electron chi connectivity index (χ3n) is 3.19. The normalized spacial score (nSPS) is 13.5. The van der Waals surface area contributed by atoms with Crippen LogP contribution in [0.15, 0.2) is 0 Å². The van der Waals surface area contributed by atoms with Crippen molar-refractivity contribution in [1.29, 1.82) is 0 Å². The van der Waals surface area contributed by atoms with Crippen molar-refractivity contribution in [1.82, 2.24) is 0 Å².